The van der Waals surface area contributed by atoms with Crippen LogP contribution >= 0.6 is 12.4 Å². The number of hydrogen-bond acceptors (Lipinski definition) is 3. The summed E-state index contributed by atoms with van der Waals surface area (Å²) >= 11 is 0. The van der Waals surface area contributed by atoms with E-state index in [1.807, 2.05) is 37.3 Å². The molecule has 0 aliphatic carbocycles. The molecule has 0 saturated carbocycles. The lowest BCUT2D eigenvalue weighted by Gasteiger charge is -2.30. The van der Waals surface area contributed by atoms with Crippen LogP contribution in [0.25, 0.3) is 5.69 Å². The number of nitrogens with one attached hydrogen (secondary N) is 2. The molecule has 3 rings (SSSR count). The van der Waals surface area contributed by atoms with Gasteiger partial charge in [0.15, 0.2) is 0 Å². The van der Waals surface area contributed by atoms with Gasteiger partial charge in [0, 0.05) is 18.8 Å². The van der Waals surface area contributed by atoms with E-state index in [9.17, 15) is 4.79 Å². The molecule has 1 amide bonds. The number of carbonyl (C=O) groups is 1. The number of benzene rings is 1. The summed E-state index contributed by atoms with van der Waals surface area (Å²) in [4.78, 5) is 12.5. The van der Waals surface area contributed by atoms with Crippen molar-refractivity contribution in [1.82, 2.24) is 20.4 Å². The first-order valence-electron chi connectivity index (χ1n) is 7.78. The molecule has 1 fully saturated rings. The molecule has 1 aliphatic heterocycles. The van der Waals surface area contributed by atoms with Gasteiger partial charge >= 0.3 is 0 Å². The normalized spacial score (nSPS) is 20.6. The Morgan fingerprint density at radius 2 is 2.09 bits per heavy atom. The van der Waals surface area contributed by atoms with Gasteiger partial charge in [-0.05, 0) is 37.9 Å². The second-order valence-corrected chi connectivity index (χ2v) is 5.96. The van der Waals surface area contributed by atoms with Crippen LogP contribution in [0.2, 0.25) is 0 Å². The summed E-state index contributed by atoms with van der Waals surface area (Å²) in [6.07, 6.45) is 2.90. The smallest absolute Gasteiger partial charge is 0.255 e. The fraction of sp³-hybridized carbons (Fsp3) is 0.412. The van der Waals surface area contributed by atoms with Gasteiger partial charge in [0.1, 0.15) is 0 Å². The summed E-state index contributed by atoms with van der Waals surface area (Å²) in [7, 11) is 0. The summed E-state index contributed by atoms with van der Waals surface area (Å²) in [6.45, 7) is 5.92. The number of nitrogens with zero attached hydrogens (tertiary/aromatic N) is 2. The van der Waals surface area contributed by atoms with Crippen molar-refractivity contribution >= 4 is 18.3 Å². The number of piperidine rings is 1. The number of halogens is 1. The van der Waals surface area contributed by atoms with E-state index in [4.69, 9.17) is 0 Å². The van der Waals surface area contributed by atoms with Crippen molar-refractivity contribution in [3.8, 4) is 5.69 Å². The van der Waals surface area contributed by atoms with E-state index in [0.29, 0.717) is 11.5 Å². The van der Waals surface area contributed by atoms with E-state index in [1.165, 1.54) is 0 Å². The summed E-state index contributed by atoms with van der Waals surface area (Å²) in [5.74, 6) is 0.454. The number of para-hydroxylation sites is 1. The van der Waals surface area contributed by atoms with Crippen molar-refractivity contribution in [2.45, 2.75) is 26.3 Å². The highest BCUT2D eigenvalue weighted by Crippen LogP contribution is 2.15. The zero-order valence-electron chi connectivity index (χ0n) is 13.5. The van der Waals surface area contributed by atoms with Crippen molar-refractivity contribution in [1.29, 1.82) is 0 Å². The third-order valence-electron chi connectivity index (χ3n) is 4.31. The highest BCUT2D eigenvalue weighted by Gasteiger charge is 2.24. The molecule has 2 N–H and O–H groups in total. The molecule has 6 heteroatoms. The van der Waals surface area contributed by atoms with Crippen LogP contribution in [-0.2, 0) is 0 Å². The first-order valence-corrected chi connectivity index (χ1v) is 7.78. The molecular weight excluding hydrogens is 312 g/mol. The number of aromatic nitrogens is 2. The number of aryl methyl sites for hydroxylation is 1. The molecule has 1 saturated heterocycles. The molecule has 2 aromatic rings. The van der Waals surface area contributed by atoms with Crippen LogP contribution in [0.1, 0.15) is 29.4 Å². The molecular formula is C17H23ClN4O. The number of rotatable bonds is 3. The van der Waals surface area contributed by atoms with Crippen molar-refractivity contribution in [2.75, 3.05) is 13.1 Å². The first-order chi connectivity index (χ1) is 10.6. The average molecular weight is 335 g/mol. The second-order valence-electron chi connectivity index (χ2n) is 5.96. The molecule has 0 spiro atoms. The van der Waals surface area contributed by atoms with E-state index in [2.05, 4.69) is 22.7 Å². The lowest BCUT2D eigenvalue weighted by molar-refractivity contribution is 0.0914. The first kappa shape index (κ1) is 17.5. The van der Waals surface area contributed by atoms with Crippen LogP contribution in [0.5, 0.6) is 0 Å². The molecule has 124 valence electrons. The Bertz CT molecular complexity index is 656. The Balaban J connectivity index is 0.00000192. The van der Waals surface area contributed by atoms with Gasteiger partial charge in [-0.15, -0.1) is 12.4 Å². The largest absolute Gasteiger partial charge is 0.348 e. The minimum absolute atomic E-state index is 0. The fourth-order valence-electron chi connectivity index (χ4n) is 2.83. The van der Waals surface area contributed by atoms with E-state index >= 15 is 0 Å². The van der Waals surface area contributed by atoms with Crippen molar-refractivity contribution < 1.29 is 4.79 Å². The van der Waals surface area contributed by atoms with Crippen molar-refractivity contribution in [2.24, 2.45) is 5.92 Å². The van der Waals surface area contributed by atoms with E-state index in [-0.39, 0.29) is 24.4 Å². The van der Waals surface area contributed by atoms with Crippen LogP contribution in [0.15, 0.2) is 36.5 Å². The predicted molar refractivity (Wildman–Crippen MR) is 93.5 cm³/mol. The molecule has 1 aromatic carbocycles. The molecule has 2 unspecified atom stereocenters. The summed E-state index contributed by atoms with van der Waals surface area (Å²) in [5.41, 5.74) is 2.34. The summed E-state index contributed by atoms with van der Waals surface area (Å²) in [5, 5.41) is 10.9. The van der Waals surface area contributed by atoms with Gasteiger partial charge in [0.05, 0.1) is 16.9 Å². The number of carbonyl (C=O) groups excluding carboxylic acids is 1. The maximum atomic E-state index is 12.5. The van der Waals surface area contributed by atoms with Crippen molar-refractivity contribution in [3.63, 3.8) is 0 Å². The van der Waals surface area contributed by atoms with Gasteiger partial charge in [-0.3, -0.25) is 4.79 Å². The molecule has 5 nitrogen and oxygen atoms in total. The van der Waals surface area contributed by atoms with Gasteiger partial charge < -0.3 is 10.6 Å². The molecule has 1 aromatic heterocycles. The minimum Gasteiger partial charge on any atom is -0.348 e. The molecule has 1 aliphatic rings. The Hall–Kier alpha value is -1.85. The number of hydrogen-bond donors (Lipinski definition) is 2. The van der Waals surface area contributed by atoms with Crippen LogP contribution in [0, 0.1) is 12.8 Å². The molecule has 0 bridgehead atoms. The Morgan fingerprint density at radius 1 is 1.35 bits per heavy atom. The van der Waals surface area contributed by atoms with E-state index in [0.717, 1.165) is 30.9 Å². The summed E-state index contributed by atoms with van der Waals surface area (Å²) < 4.78 is 1.76. The molecule has 0 radical (unpaired) electrons. The van der Waals surface area contributed by atoms with Crippen LogP contribution < -0.4 is 10.6 Å². The molecule has 2 heterocycles. The Morgan fingerprint density at radius 3 is 2.78 bits per heavy atom. The second kappa shape index (κ2) is 7.62. The predicted octanol–water partition coefficient (Wildman–Crippen LogP) is 2.33. The maximum absolute atomic E-state index is 12.5. The van der Waals surface area contributed by atoms with Gasteiger partial charge in [0.25, 0.3) is 5.91 Å². The maximum Gasteiger partial charge on any atom is 0.255 e. The van der Waals surface area contributed by atoms with Crippen LogP contribution in [-0.4, -0.2) is 34.8 Å². The van der Waals surface area contributed by atoms with Gasteiger partial charge in [-0.2, -0.15) is 5.10 Å². The fourth-order valence-corrected chi connectivity index (χ4v) is 2.83. The van der Waals surface area contributed by atoms with Crippen LogP contribution in [0.4, 0.5) is 0 Å². The van der Waals surface area contributed by atoms with Gasteiger partial charge in [-0.25, -0.2) is 4.68 Å². The average Bonchev–Trinajstić information content (AvgIpc) is 2.92. The topological polar surface area (TPSA) is 59.0 Å². The minimum atomic E-state index is -0.0415. The highest BCUT2D eigenvalue weighted by atomic mass is 35.5. The van der Waals surface area contributed by atoms with Gasteiger partial charge in [0.2, 0.25) is 0 Å². The van der Waals surface area contributed by atoms with Crippen molar-refractivity contribution in [3.05, 3.63) is 47.8 Å². The standard InChI is InChI=1S/C17H22N4O.ClH/c1-12-8-9-18-10-16(12)19-17(22)15-11-21(20-13(15)2)14-6-4-3-5-7-14;/h3-7,11-12,16,18H,8-10H2,1-2H3,(H,19,22);1H. The Kier molecular flexibility index (Phi) is 5.80. The molecule has 23 heavy (non-hydrogen) atoms. The lowest BCUT2D eigenvalue weighted by Crippen LogP contribution is -2.50. The highest BCUT2D eigenvalue weighted by molar-refractivity contribution is 5.95. The Labute approximate surface area is 142 Å². The van der Waals surface area contributed by atoms with E-state index in [1.54, 1.807) is 10.9 Å². The molecule has 2 atom stereocenters. The lowest BCUT2D eigenvalue weighted by atomic mass is 9.94. The zero-order valence-corrected chi connectivity index (χ0v) is 14.3. The van der Waals surface area contributed by atoms with Crippen LogP contribution in [0.3, 0.4) is 0 Å². The summed E-state index contributed by atoms with van der Waals surface area (Å²) in [6, 6.07) is 10.0. The third kappa shape index (κ3) is 3.92. The monoisotopic (exact) mass is 334 g/mol. The third-order valence-corrected chi connectivity index (χ3v) is 4.31. The van der Waals surface area contributed by atoms with E-state index < -0.39 is 0 Å². The zero-order chi connectivity index (χ0) is 15.5. The van der Waals surface area contributed by atoms with Gasteiger partial charge in [-0.1, -0.05) is 25.1 Å². The SMILES string of the molecule is Cc1nn(-c2ccccc2)cc1C(=O)NC1CNCCC1C.Cl. The quantitative estimate of drug-likeness (QED) is 0.905. The number of amides is 1.